The van der Waals surface area contributed by atoms with E-state index >= 15 is 0 Å². The molecule has 1 aliphatic rings. The second kappa shape index (κ2) is 6.09. The van der Waals surface area contributed by atoms with Gasteiger partial charge in [0.15, 0.2) is 9.84 Å². The van der Waals surface area contributed by atoms with Gasteiger partial charge in [-0.2, -0.15) is 0 Å². The normalized spacial score (nSPS) is 17.8. The summed E-state index contributed by atoms with van der Waals surface area (Å²) in [5, 5.41) is 5.60. The van der Waals surface area contributed by atoms with Gasteiger partial charge in [-0.25, -0.2) is 8.42 Å². The summed E-state index contributed by atoms with van der Waals surface area (Å²) in [7, 11) is -3.37. The highest BCUT2D eigenvalue weighted by molar-refractivity contribution is 8.15. The maximum absolute atomic E-state index is 12.5. The van der Waals surface area contributed by atoms with Crippen LogP contribution in [-0.2, 0) is 9.84 Å². The number of hydrogen-bond acceptors (Lipinski definition) is 5. The Kier molecular flexibility index (Phi) is 4.19. The Morgan fingerprint density at radius 2 is 1.81 bits per heavy atom. The van der Waals surface area contributed by atoms with Crippen LogP contribution in [0.4, 0.5) is 0 Å². The van der Waals surface area contributed by atoms with Gasteiger partial charge in [0, 0.05) is 5.38 Å². The van der Waals surface area contributed by atoms with Gasteiger partial charge in [-0.05, 0) is 41.1 Å². The zero-order valence-corrected chi connectivity index (χ0v) is 13.3. The number of rotatable bonds is 4. The van der Waals surface area contributed by atoms with Crippen LogP contribution < -0.4 is 4.74 Å². The molecule has 0 N–H and O–H groups in total. The molecule has 0 aliphatic carbocycles. The van der Waals surface area contributed by atoms with Crippen molar-refractivity contribution in [1.29, 1.82) is 0 Å². The highest BCUT2D eigenvalue weighted by Crippen LogP contribution is 2.30. The quantitative estimate of drug-likeness (QED) is 0.827. The van der Waals surface area contributed by atoms with Gasteiger partial charge in [-0.15, -0.1) is 23.1 Å². The molecule has 0 fully saturated rings. The monoisotopic (exact) mass is 336 g/mol. The van der Waals surface area contributed by atoms with E-state index in [0.717, 1.165) is 5.75 Å². The SMILES string of the molecule is O=S(=O)(c1ccc(Oc2ccsc2)cc1)C1C=CC=CS1. The van der Waals surface area contributed by atoms with E-state index in [9.17, 15) is 8.42 Å². The fraction of sp³-hybridized carbons (Fsp3) is 0.0667. The van der Waals surface area contributed by atoms with Crippen LogP contribution in [0, 0.1) is 0 Å². The standard InChI is InChI=1S/C15H12O3S3/c16-21(17,15-3-1-2-9-20-15)14-6-4-12(5-7-14)18-13-8-10-19-11-13/h1-11,15H. The highest BCUT2D eigenvalue weighted by atomic mass is 32.3. The van der Waals surface area contributed by atoms with Gasteiger partial charge in [0.25, 0.3) is 0 Å². The van der Waals surface area contributed by atoms with E-state index in [-0.39, 0.29) is 0 Å². The molecule has 1 aromatic carbocycles. The van der Waals surface area contributed by atoms with Crippen LogP contribution in [-0.4, -0.2) is 13.0 Å². The van der Waals surface area contributed by atoms with E-state index in [1.807, 2.05) is 22.9 Å². The number of thioether (sulfide) groups is 1. The molecule has 108 valence electrons. The van der Waals surface area contributed by atoms with Crippen molar-refractivity contribution in [2.24, 2.45) is 0 Å². The van der Waals surface area contributed by atoms with Gasteiger partial charge in [0.1, 0.15) is 16.1 Å². The van der Waals surface area contributed by atoms with E-state index in [4.69, 9.17) is 4.74 Å². The van der Waals surface area contributed by atoms with Gasteiger partial charge in [0.05, 0.1) is 4.90 Å². The third kappa shape index (κ3) is 3.23. The van der Waals surface area contributed by atoms with Crippen molar-refractivity contribution < 1.29 is 13.2 Å². The molecule has 3 rings (SSSR count). The zero-order valence-electron chi connectivity index (χ0n) is 10.9. The van der Waals surface area contributed by atoms with Crippen molar-refractivity contribution in [2.45, 2.75) is 9.48 Å². The maximum Gasteiger partial charge on any atom is 0.194 e. The molecule has 2 heterocycles. The van der Waals surface area contributed by atoms with Crippen LogP contribution in [0.25, 0.3) is 0 Å². The van der Waals surface area contributed by atoms with E-state index in [1.165, 1.54) is 11.8 Å². The van der Waals surface area contributed by atoms with Gasteiger partial charge in [-0.1, -0.05) is 18.2 Å². The van der Waals surface area contributed by atoms with Crippen LogP contribution in [0.3, 0.4) is 0 Å². The molecule has 1 aromatic heterocycles. The Balaban J connectivity index is 1.80. The summed E-state index contributed by atoms with van der Waals surface area (Å²) < 4.78 is 30.0. The summed E-state index contributed by atoms with van der Waals surface area (Å²) in [6, 6.07) is 8.40. The first kappa shape index (κ1) is 14.4. The lowest BCUT2D eigenvalue weighted by Gasteiger charge is -2.14. The molecule has 6 heteroatoms. The Morgan fingerprint density at radius 3 is 2.43 bits per heavy atom. The van der Waals surface area contributed by atoms with Crippen LogP contribution in [0.5, 0.6) is 11.5 Å². The molecule has 1 unspecified atom stereocenters. The predicted octanol–water partition coefficient (Wildman–Crippen LogP) is 4.46. The van der Waals surface area contributed by atoms with Gasteiger partial charge in [0.2, 0.25) is 0 Å². The first-order valence-corrected chi connectivity index (χ1v) is 9.62. The maximum atomic E-state index is 12.5. The van der Waals surface area contributed by atoms with E-state index in [0.29, 0.717) is 10.6 Å². The third-order valence-corrected chi connectivity index (χ3v) is 7.05. The summed E-state index contributed by atoms with van der Waals surface area (Å²) in [5.41, 5.74) is 0. The minimum absolute atomic E-state index is 0.303. The van der Waals surface area contributed by atoms with Crippen molar-refractivity contribution in [1.82, 2.24) is 0 Å². The first-order chi connectivity index (χ1) is 10.2. The highest BCUT2D eigenvalue weighted by Gasteiger charge is 2.25. The topological polar surface area (TPSA) is 43.4 Å². The van der Waals surface area contributed by atoms with Gasteiger partial charge in [-0.3, -0.25) is 0 Å². The molecule has 2 aromatic rings. The summed E-state index contributed by atoms with van der Waals surface area (Å²) in [5.74, 6) is 1.38. The number of allylic oxidation sites excluding steroid dienone is 2. The predicted molar refractivity (Wildman–Crippen MR) is 87.7 cm³/mol. The fourth-order valence-corrected chi connectivity index (χ4v) is 5.08. The molecule has 0 saturated carbocycles. The average molecular weight is 336 g/mol. The molecule has 0 amide bonds. The van der Waals surface area contributed by atoms with Crippen LogP contribution >= 0.6 is 23.1 Å². The molecule has 21 heavy (non-hydrogen) atoms. The van der Waals surface area contributed by atoms with Gasteiger partial charge < -0.3 is 4.74 Å². The van der Waals surface area contributed by atoms with E-state index in [2.05, 4.69) is 0 Å². The molecule has 0 spiro atoms. The molecular weight excluding hydrogens is 324 g/mol. The molecule has 3 nitrogen and oxygen atoms in total. The Labute approximate surface area is 131 Å². The first-order valence-electron chi connectivity index (χ1n) is 6.19. The number of hydrogen-bond donors (Lipinski definition) is 0. The van der Waals surface area contributed by atoms with Crippen molar-refractivity contribution in [3.63, 3.8) is 0 Å². The second-order valence-electron chi connectivity index (χ2n) is 4.30. The fourth-order valence-electron chi connectivity index (χ4n) is 1.82. The van der Waals surface area contributed by atoms with Crippen molar-refractivity contribution in [3.05, 3.63) is 64.7 Å². The molecular formula is C15H12O3S3. The average Bonchev–Trinajstić information content (AvgIpc) is 3.02. The number of thiophene rings is 1. The minimum Gasteiger partial charge on any atom is -0.457 e. The van der Waals surface area contributed by atoms with Crippen LogP contribution in [0.1, 0.15) is 0 Å². The lowest BCUT2D eigenvalue weighted by Crippen LogP contribution is -2.15. The van der Waals surface area contributed by atoms with Crippen LogP contribution in [0.15, 0.2) is 69.6 Å². The summed E-state index contributed by atoms with van der Waals surface area (Å²) in [6.45, 7) is 0. The lowest BCUT2D eigenvalue weighted by molar-refractivity contribution is 0.484. The zero-order chi connectivity index (χ0) is 14.7. The molecule has 1 aliphatic heterocycles. The van der Waals surface area contributed by atoms with Crippen molar-refractivity contribution >= 4 is 32.9 Å². The summed E-state index contributed by atoms with van der Waals surface area (Å²) in [6.07, 6.45) is 5.27. The number of ether oxygens (including phenoxy) is 1. The third-order valence-electron chi connectivity index (χ3n) is 2.86. The van der Waals surface area contributed by atoms with Crippen molar-refractivity contribution in [2.75, 3.05) is 0 Å². The summed E-state index contributed by atoms with van der Waals surface area (Å²) >= 11 is 2.84. The van der Waals surface area contributed by atoms with E-state index < -0.39 is 14.4 Å². The molecule has 1 atom stereocenters. The molecule has 0 saturated heterocycles. The molecule has 0 radical (unpaired) electrons. The van der Waals surface area contributed by atoms with E-state index in [1.54, 1.807) is 53.2 Å². The minimum atomic E-state index is -3.37. The van der Waals surface area contributed by atoms with Gasteiger partial charge >= 0.3 is 0 Å². The Morgan fingerprint density at radius 1 is 1.00 bits per heavy atom. The smallest absolute Gasteiger partial charge is 0.194 e. The van der Waals surface area contributed by atoms with Crippen molar-refractivity contribution in [3.8, 4) is 11.5 Å². The Hall–Kier alpha value is -1.50. The number of benzene rings is 1. The summed E-state index contributed by atoms with van der Waals surface area (Å²) in [4.78, 5) is 0.303. The molecule has 0 bridgehead atoms. The second-order valence-corrected chi connectivity index (χ2v) is 8.50. The largest absolute Gasteiger partial charge is 0.457 e. The Bertz CT molecular complexity index is 757. The van der Waals surface area contributed by atoms with Crippen LogP contribution in [0.2, 0.25) is 0 Å². The lowest BCUT2D eigenvalue weighted by atomic mass is 10.3. The number of sulfone groups is 1.